The van der Waals surface area contributed by atoms with Gasteiger partial charge >= 0.3 is 6.18 Å². The monoisotopic (exact) mass is 325 g/mol. The number of nitrogens with two attached hydrogens (primary N) is 1. The normalized spacial score (nSPS) is 15.5. The van der Waals surface area contributed by atoms with Crippen LogP contribution in [0.3, 0.4) is 0 Å². The smallest absolute Gasteiger partial charge is 0.422 e. The highest BCUT2D eigenvalue weighted by Gasteiger charge is 2.51. The molecule has 0 spiro atoms. The molecule has 6 heteroatoms. The maximum Gasteiger partial charge on any atom is 0.422 e. The minimum Gasteiger partial charge on any atom is -0.493 e. The van der Waals surface area contributed by atoms with Crippen molar-refractivity contribution in [2.75, 3.05) is 13.2 Å². The van der Waals surface area contributed by atoms with Gasteiger partial charge in [0, 0.05) is 18.2 Å². The van der Waals surface area contributed by atoms with Crippen molar-refractivity contribution in [3.63, 3.8) is 0 Å². The summed E-state index contributed by atoms with van der Waals surface area (Å²) in [5.41, 5.74) is 2.45. The van der Waals surface area contributed by atoms with E-state index in [2.05, 4.69) is 0 Å². The molecule has 1 atom stereocenters. The predicted octanol–water partition coefficient (Wildman–Crippen LogP) is 3.47. The molecule has 3 N–H and O–H groups in total. The Labute approximate surface area is 132 Å². The second-order valence-corrected chi connectivity index (χ2v) is 5.13. The first-order valence-electron chi connectivity index (χ1n) is 7.14. The van der Waals surface area contributed by atoms with Gasteiger partial charge in [-0.1, -0.05) is 36.4 Å². The number of aliphatic hydroxyl groups is 1. The summed E-state index contributed by atoms with van der Waals surface area (Å²) in [5.74, 6) is -0.0523. The van der Waals surface area contributed by atoms with Crippen LogP contribution in [0, 0.1) is 0 Å². The van der Waals surface area contributed by atoms with E-state index in [0.29, 0.717) is 11.6 Å². The lowest BCUT2D eigenvalue weighted by Gasteiger charge is -2.27. The van der Waals surface area contributed by atoms with Crippen LogP contribution in [-0.4, -0.2) is 30.0 Å². The Kier molecular flexibility index (Phi) is 4.97. The highest BCUT2D eigenvalue weighted by molar-refractivity contribution is 5.85. The SMILES string of the molecule is CCO/C(=C\C(O)(CN)C(F)(F)F)c1ccc2ccccc2c1. The Morgan fingerprint density at radius 3 is 2.39 bits per heavy atom. The van der Waals surface area contributed by atoms with E-state index in [1.165, 1.54) is 0 Å². The number of alkyl halides is 3. The molecule has 0 aromatic heterocycles. The number of benzene rings is 2. The van der Waals surface area contributed by atoms with Gasteiger partial charge in [0.1, 0.15) is 5.76 Å². The third kappa shape index (κ3) is 3.65. The Bertz CT molecular complexity index is 712. The Morgan fingerprint density at radius 2 is 1.83 bits per heavy atom. The quantitative estimate of drug-likeness (QED) is 0.828. The van der Waals surface area contributed by atoms with E-state index in [9.17, 15) is 18.3 Å². The third-order valence-corrected chi connectivity index (χ3v) is 3.51. The van der Waals surface area contributed by atoms with Crippen LogP contribution in [0.4, 0.5) is 13.2 Å². The van der Waals surface area contributed by atoms with Gasteiger partial charge in [0.15, 0.2) is 5.60 Å². The first-order valence-corrected chi connectivity index (χ1v) is 7.14. The molecule has 0 aliphatic carbocycles. The van der Waals surface area contributed by atoms with E-state index in [-0.39, 0.29) is 12.4 Å². The molecule has 0 saturated heterocycles. The van der Waals surface area contributed by atoms with Gasteiger partial charge in [0.05, 0.1) is 6.61 Å². The summed E-state index contributed by atoms with van der Waals surface area (Å²) < 4.78 is 44.4. The van der Waals surface area contributed by atoms with Crippen LogP contribution in [0.5, 0.6) is 0 Å². The van der Waals surface area contributed by atoms with Crippen LogP contribution in [0.2, 0.25) is 0 Å². The van der Waals surface area contributed by atoms with Gasteiger partial charge in [-0.15, -0.1) is 0 Å². The van der Waals surface area contributed by atoms with Gasteiger partial charge in [-0.2, -0.15) is 13.2 Å². The number of rotatable bonds is 5. The molecule has 0 radical (unpaired) electrons. The highest BCUT2D eigenvalue weighted by Crippen LogP contribution is 2.34. The molecule has 0 aliphatic heterocycles. The minimum atomic E-state index is -4.89. The van der Waals surface area contributed by atoms with Crippen LogP contribution in [0.25, 0.3) is 16.5 Å². The summed E-state index contributed by atoms with van der Waals surface area (Å²) >= 11 is 0. The molecule has 0 fully saturated rings. The van der Waals surface area contributed by atoms with Crippen molar-refractivity contribution in [3.8, 4) is 0 Å². The van der Waals surface area contributed by atoms with Gasteiger partial charge < -0.3 is 15.6 Å². The summed E-state index contributed by atoms with van der Waals surface area (Å²) in [6.07, 6.45) is -4.25. The number of hydrogen-bond donors (Lipinski definition) is 2. The summed E-state index contributed by atoms with van der Waals surface area (Å²) in [4.78, 5) is 0. The van der Waals surface area contributed by atoms with Crippen molar-refractivity contribution in [1.82, 2.24) is 0 Å². The molecule has 124 valence electrons. The molecule has 1 unspecified atom stereocenters. The topological polar surface area (TPSA) is 55.5 Å². The van der Waals surface area contributed by atoms with Crippen molar-refractivity contribution >= 4 is 16.5 Å². The van der Waals surface area contributed by atoms with Gasteiger partial charge in [0.25, 0.3) is 0 Å². The zero-order valence-corrected chi connectivity index (χ0v) is 12.6. The molecule has 0 amide bonds. The summed E-state index contributed by atoms with van der Waals surface area (Å²) in [6.45, 7) is 0.835. The summed E-state index contributed by atoms with van der Waals surface area (Å²) in [5, 5.41) is 11.6. The second-order valence-electron chi connectivity index (χ2n) is 5.13. The second kappa shape index (κ2) is 6.60. The molecular formula is C17H18F3NO2. The van der Waals surface area contributed by atoms with E-state index in [1.807, 2.05) is 24.3 Å². The van der Waals surface area contributed by atoms with Gasteiger partial charge in [-0.05, 0) is 23.8 Å². The van der Waals surface area contributed by atoms with Crippen molar-refractivity contribution in [2.24, 2.45) is 5.73 Å². The van der Waals surface area contributed by atoms with E-state index in [0.717, 1.165) is 10.8 Å². The van der Waals surface area contributed by atoms with E-state index in [4.69, 9.17) is 10.5 Å². The van der Waals surface area contributed by atoms with Gasteiger partial charge in [-0.3, -0.25) is 0 Å². The number of halogens is 3. The average Bonchev–Trinajstić information content (AvgIpc) is 2.52. The molecule has 0 bridgehead atoms. The molecule has 3 nitrogen and oxygen atoms in total. The lowest BCUT2D eigenvalue weighted by atomic mass is 9.99. The lowest BCUT2D eigenvalue weighted by molar-refractivity contribution is -0.235. The first-order chi connectivity index (χ1) is 10.8. The Balaban J connectivity index is 2.53. The zero-order chi connectivity index (χ0) is 17.1. The van der Waals surface area contributed by atoms with Crippen LogP contribution in [0.1, 0.15) is 12.5 Å². The predicted molar refractivity (Wildman–Crippen MR) is 83.6 cm³/mol. The molecule has 0 heterocycles. The van der Waals surface area contributed by atoms with Crippen molar-refractivity contribution in [2.45, 2.75) is 18.7 Å². The van der Waals surface area contributed by atoms with E-state index in [1.54, 1.807) is 25.1 Å². The molecular weight excluding hydrogens is 307 g/mol. The molecule has 23 heavy (non-hydrogen) atoms. The van der Waals surface area contributed by atoms with Crippen LogP contribution < -0.4 is 5.73 Å². The fourth-order valence-electron chi connectivity index (χ4n) is 2.18. The standard InChI is InChI=1S/C17H18F3NO2/c1-2-23-15(10-16(22,11-21)17(18,19)20)14-8-7-12-5-3-4-6-13(12)9-14/h3-10,22H,2,11,21H2,1H3/b15-10-. The average molecular weight is 325 g/mol. The molecule has 0 saturated carbocycles. The molecule has 2 rings (SSSR count). The van der Waals surface area contributed by atoms with Gasteiger partial charge in [0.2, 0.25) is 0 Å². The third-order valence-electron chi connectivity index (χ3n) is 3.51. The number of hydrogen-bond acceptors (Lipinski definition) is 3. The molecule has 2 aromatic carbocycles. The fourth-order valence-corrected chi connectivity index (χ4v) is 2.18. The Morgan fingerprint density at radius 1 is 1.17 bits per heavy atom. The highest BCUT2D eigenvalue weighted by atomic mass is 19.4. The number of fused-ring (bicyclic) bond motifs is 1. The lowest BCUT2D eigenvalue weighted by Crippen LogP contribution is -2.49. The Hall–Kier alpha value is -2.05. The van der Waals surface area contributed by atoms with E-state index >= 15 is 0 Å². The zero-order valence-electron chi connectivity index (χ0n) is 12.6. The largest absolute Gasteiger partial charge is 0.493 e. The number of ether oxygens (including phenoxy) is 1. The van der Waals surface area contributed by atoms with Crippen molar-refractivity contribution in [1.29, 1.82) is 0 Å². The minimum absolute atomic E-state index is 0.0523. The first kappa shape index (κ1) is 17.3. The van der Waals surface area contributed by atoms with E-state index < -0.39 is 18.3 Å². The van der Waals surface area contributed by atoms with Crippen LogP contribution in [0.15, 0.2) is 48.5 Å². The summed E-state index contributed by atoms with van der Waals surface area (Å²) in [6, 6.07) is 12.6. The molecule has 2 aromatic rings. The van der Waals surface area contributed by atoms with Crippen LogP contribution in [-0.2, 0) is 4.74 Å². The molecule has 0 aliphatic rings. The van der Waals surface area contributed by atoms with Crippen LogP contribution >= 0.6 is 0 Å². The fraction of sp³-hybridized carbons (Fsp3) is 0.294. The van der Waals surface area contributed by atoms with Crippen molar-refractivity contribution < 1.29 is 23.0 Å². The van der Waals surface area contributed by atoms with Gasteiger partial charge in [-0.25, -0.2) is 0 Å². The van der Waals surface area contributed by atoms with Crippen molar-refractivity contribution in [3.05, 3.63) is 54.1 Å². The maximum atomic E-state index is 13.0. The summed E-state index contributed by atoms with van der Waals surface area (Å²) in [7, 11) is 0. The maximum absolute atomic E-state index is 13.0.